The van der Waals surface area contributed by atoms with Crippen molar-refractivity contribution in [2.45, 2.75) is 33.1 Å². The number of ketones is 1. The Bertz CT molecular complexity index is 393. The lowest BCUT2D eigenvalue weighted by Gasteiger charge is -1.98. The lowest BCUT2D eigenvalue weighted by atomic mass is 10.0. The zero-order chi connectivity index (χ0) is 11.1. The Morgan fingerprint density at radius 2 is 2.07 bits per heavy atom. The van der Waals surface area contributed by atoms with Crippen LogP contribution in [-0.2, 0) is 0 Å². The van der Waals surface area contributed by atoms with Crippen molar-refractivity contribution in [1.29, 1.82) is 0 Å². The smallest absolute Gasteiger partial charge is 0.161 e. The summed E-state index contributed by atoms with van der Waals surface area (Å²) in [4.78, 5) is 11.3. The van der Waals surface area contributed by atoms with E-state index in [-0.39, 0.29) is 5.78 Å². The van der Waals surface area contributed by atoms with Crippen LogP contribution in [-0.4, -0.2) is 5.78 Å². The highest BCUT2D eigenvalue weighted by Crippen LogP contribution is 2.07. The van der Waals surface area contributed by atoms with Crippen molar-refractivity contribution < 1.29 is 4.79 Å². The van der Waals surface area contributed by atoms with Gasteiger partial charge in [-0.05, 0) is 19.4 Å². The molecule has 78 valence electrons. The first-order valence-electron chi connectivity index (χ1n) is 5.34. The highest BCUT2D eigenvalue weighted by molar-refractivity contribution is 5.96. The predicted octanol–water partition coefficient (Wildman–Crippen LogP) is 3.43. The van der Waals surface area contributed by atoms with Gasteiger partial charge in [0.05, 0.1) is 0 Å². The molecule has 0 saturated heterocycles. The van der Waals surface area contributed by atoms with Gasteiger partial charge in [0, 0.05) is 17.5 Å². The van der Waals surface area contributed by atoms with Gasteiger partial charge in [-0.15, -0.1) is 0 Å². The van der Waals surface area contributed by atoms with E-state index in [2.05, 4.69) is 18.8 Å². The van der Waals surface area contributed by atoms with E-state index < -0.39 is 0 Å². The maximum Gasteiger partial charge on any atom is 0.161 e. The molecule has 0 atom stereocenters. The third-order valence-electron chi connectivity index (χ3n) is 2.18. The van der Waals surface area contributed by atoms with Crippen molar-refractivity contribution in [2.75, 3.05) is 0 Å². The summed E-state index contributed by atoms with van der Waals surface area (Å²) in [6.07, 6.45) is 3.18. The maximum absolute atomic E-state index is 11.3. The van der Waals surface area contributed by atoms with Crippen LogP contribution in [0.3, 0.4) is 0 Å². The number of carbonyl (C=O) groups excluding carboxylic acids is 1. The van der Waals surface area contributed by atoms with Gasteiger partial charge < -0.3 is 0 Å². The Morgan fingerprint density at radius 3 is 2.73 bits per heavy atom. The summed E-state index contributed by atoms with van der Waals surface area (Å²) in [5.41, 5.74) is 1.57. The fourth-order valence-corrected chi connectivity index (χ4v) is 1.32. The zero-order valence-electron chi connectivity index (χ0n) is 9.34. The minimum absolute atomic E-state index is 0.0791. The van der Waals surface area contributed by atoms with E-state index in [0.29, 0.717) is 0 Å². The van der Waals surface area contributed by atoms with Crippen molar-refractivity contribution >= 4 is 5.78 Å². The molecule has 0 aliphatic heterocycles. The van der Waals surface area contributed by atoms with Crippen LogP contribution in [0.1, 0.15) is 49.0 Å². The number of hydrogen-bond acceptors (Lipinski definition) is 1. The highest BCUT2D eigenvalue weighted by atomic mass is 16.1. The van der Waals surface area contributed by atoms with E-state index in [9.17, 15) is 4.79 Å². The Morgan fingerprint density at radius 1 is 1.33 bits per heavy atom. The number of rotatable bonds is 3. The van der Waals surface area contributed by atoms with Crippen LogP contribution in [0.15, 0.2) is 24.3 Å². The molecule has 0 spiro atoms. The molecule has 0 aliphatic rings. The quantitative estimate of drug-likeness (QED) is 0.415. The second-order valence-electron chi connectivity index (χ2n) is 3.51. The summed E-state index contributed by atoms with van der Waals surface area (Å²) >= 11 is 0. The van der Waals surface area contributed by atoms with E-state index in [1.54, 1.807) is 6.92 Å². The number of hydrogen-bond donors (Lipinski definition) is 0. The van der Waals surface area contributed by atoms with Crippen LogP contribution in [0.5, 0.6) is 0 Å². The summed E-state index contributed by atoms with van der Waals surface area (Å²) in [5, 5.41) is 0. The average Bonchev–Trinajstić information content (AvgIpc) is 2.25. The first-order chi connectivity index (χ1) is 7.25. The summed E-state index contributed by atoms with van der Waals surface area (Å²) in [6.45, 7) is 3.72. The van der Waals surface area contributed by atoms with E-state index in [0.717, 1.165) is 30.4 Å². The van der Waals surface area contributed by atoms with Gasteiger partial charge in [-0.25, -0.2) is 0 Å². The van der Waals surface area contributed by atoms with Crippen LogP contribution in [0.25, 0.3) is 0 Å². The van der Waals surface area contributed by atoms with E-state index in [1.165, 1.54) is 0 Å². The van der Waals surface area contributed by atoms with Gasteiger partial charge in [-0.1, -0.05) is 43.4 Å². The van der Waals surface area contributed by atoms with Crippen LogP contribution in [0, 0.1) is 11.8 Å². The summed E-state index contributed by atoms with van der Waals surface area (Å²) in [7, 11) is 0. The lowest BCUT2D eigenvalue weighted by molar-refractivity contribution is 0.101. The van der Waals surface area contributed by atoms with Crippen molar-refractivity contribution in [3.63, 3.8) is 0 Å². The fraction of sp³-hybridized carbons (Fsp3) is 0.357. The van der Waals surface area contributed by atoms with Gasteiger partial charge in [-0.3, -0.25) is 4.79 Å². The van der Waals surface area contributed by atoms with Gasteiger partial charge in [0.15, 0.2) is 5.78 Å². The zero-order valence-corrected chi connectivity index (χ0v) is 9.34. The largest absolute Gasteiger partial charge is 0.294 e. The summed E-state index contributed by atoms with van der Waals surface area (Å²) < 4.78 is 0. The number of carbonyl (C=O) groups is 1. The number of unbranched alkanes of at least 4 members (excludes halogenated alkanes) is 2. The summed E-state index contributed by atoms with van der Waals surface area (Å²) in [5.74, 6) is 6.23. The molecule has 0 radical (unpaired) electrons. The molecule has 0 amide bonds. The van der Waals surface area contributed by atoms with Gasteiger partial charge in [-0.2, -0.15) is 0 Å². The third-order valence-corrected chi connectivity index (χ3v) is 2.18. The topological polar surface area (TPSA) is 17.1 Å². The fourth-order valence-electron chi connectivity index (χ4n) is 1.32. The van der Waals surface area contributed by atoms with Crippen molar-refractivity contribution in [3.05, 3.63) is 35.4 Å². The molecule has 1 rings (SSSR count). The molecular weight excluding hydrogens is 184 g/mol. The molecule has 1 heteroatoms. The normalized spacial score (nSPS) is 9.20. The summed E-state index contributed by atoms with van der Waals surface area (Å²) in [6, 6.07) is 7.51. The van der Waals surface area contributed by atoms with Crippen molar-refractivity contribution in [1.82, 2.24) is 0 Å². The minimum atomic E-state index is 0.0791. The SMILES string of the molecule is CCCCC#Cc1ccccc1C(C)=O. The van der Waals surface area contributed by atoms with Crippen LogP contribution >= 0.6 is 0 Å². The first-order valence-corrected chi connectivity index (χ1v) is 5.34. The molecule has 1 aromatic carbocycles. The van der Waals surface area contributed by atoms with Crippen LogP contribution in [0.2, 0.25) is 0 Å². The maximum atomic E-state index is 11.3. The Kier molecular flexibility index (Phi) is 4.63. The minimum Gasteiger partial charge on any atom is -0.294 e. The van der Waals surface area contributed by atoms with Crippen molar-refractivity contribution in [3.8, 4) is 11.8 Å². The van der Waals surface area contributed by atoms with Gasteiger partial charge >= 0.3 is 0 Å². The number of Topliss-reactive ketones (excluding diaryl/α,β-unsaturated/α-hetero) is 1. The van der Waals surface area contributed by atoms with E-state index in [1.807, 2.05) is 24.3 Å². The molecule has 0 unspecified atom stereocenters. The Hall–Kier alpha value is -1.55. The average molecular weight is 200 g/mol. The van der Waals surface area contributed by atoms with E-state index in [4.69, 9.17) is 0 Å². The standard InChI is InChI=1S/C14H16O/c1-3-4-5-6-9-13-10-7-8-11-14(13)12(2)15/h7-8,10-11H,3-5H2,1-2H3. The van der Waals surface area contributed by atoms with Crippen LogP contribution < -0.4 is 0 Å². The molecule has 0 fully saturated rings. The molecule has 15 heavy (non-hydrogen) atoms. The first kappa shape index (κ1) is 11.5. The monoisotopic (exact) mass is 200 g/mol. The van der Waals surface area contributed by atoms with E-state index >= 15 is 0 Å². The molecule has 0 N–H and O–H groups in total. The second-order valence-corrected chi connectivity index (χ2v) is 3.51. The molecule has 0 aromatic heterocycles. The molecule has 1 aromatic rings. The Balaban J connectivity index is 2.83. The van der Waals surface area contributed by atoms with Crippen molar-refractivity contribution in [2.24, 2.45) is 0 Å². The molecule has 0 heterocycles. The van der Waals surface area contributed by atoms with Gasteiger partial charge in [0.1, 0.15) is 0 Å². The molecule has 0 bridgehead atoms. The molecule has 0 aliphatic carbocycles. The van der Waals surface area contributed by atoms with Gasteiger partial charge in [0.25, 0.3) is 0 Å². The molecule has 1 nitrogen and oxygen atoms in total. The molecule has 0 saturated carbocycles. The number of benzene rings is 1. The lowest BCUT2D eigenvalue weighted by Crippen LogP contribution is -1.95. The highest BCUT2D eigenvalue weighted by Gasteiger charge is 2.02. The third kappa shape index (κ3) is 3.59. The Labute approximate surface area is 91.5 Å². The predicted molar refractivity (Wildman–Crippen MR) is 62.8 cm³/mol. The van der Waals surface area contributed by atoms with Crippen LogP contribution in [0.4, 0.5) is 0 Å². The molecular formula is C14H16O. The second kappa shape index (κ2) is 6.03. The van der Waals surface area contributed by atoms with Gasteiger partial charge in [0.2, 0.25) is 0 Å².